The minimum Gasteiger partial charge on any atom is -0.321 e. The lowest BCUT2D eigenvalue weighted by molar-refractivity contribution is -0.137. The molecule has 6 heteroatoms. The highest BCUT2D eigenvalue weighted by molar-refractivity contribution is 6.30. The Morgan fingerprint density at radius 3 is 2.18 bits per heavy atom. The number of imide groups is 1. The monoisotopic (exact) mass is 398 g/mol. The maximum atomic E-state index is 12.0. The average Bonchev–Trinajstić information content (AvgIpc) is 2.96. The van der Waals surface area contributed by atoms with Crippen molar-refractivity contribution in [2.45, 2.75) is 39.0 Å². The summed E-state index contributed by atoms with van der Waals surface area (Å²) in [5, 5.41) is 0.107. The Morgan fingerprint density at radius 2 is 1.64 bits per heavy atom. The van der Waals surface area contributed by atoms with E-state index in [4.69, 9.17) is 11.6 Å². The number of halogens is 1. The lowest BCUT2D eigenvalue weighted by Crippen LogP contribution is -2.29. The number of aromatic amines is 1. The minimum atomic E-state index is -0.385. The van der Waals surface area contributed by atoms with Gasteiger partial charge in [-0.05, 0) is 28.7 Å². The Balaban J connectivity index is 2.02. The van der Waals surface area contributed by atoms with Gasteiger partial charge in [0.15, 0.2) is 0 Å². The lowest BCUT2D eigenvalue weighted by Gasteiger charge is -2.20. The Kier molecular flexibility index (Phi) is 5.57. The first-order chi connectivity index (χ1) is 13.2. The molecule has 2 heterocycles. The maximum Gasteiger partial charge on any atom is 0.267 e. The van der Waals surface area contributed by atoms with Crippen molar-refractivity contribution in [2.75, 3.05) is 6.54 Å². The highest BCUT2D eigenvalue weighted by Gasteiger charge is 2.28. The number of likely N-dealkylation sites (tertiary alicyclic amines) is 1. The molecule has 1 N–H and O–H groups in total. The molecule has 3 rings (SSSR count). The van der Waals surface area contributed by atoms with Crippen LogP contribution in [0.1, 0.15) is 50.4 Å². The molecule has 0 spiro atoms. The number of pyridine rings is 1. The molecule has 5 nitrogen and oxygen atoms in total. The van der Waals surface area contributed by atoms with Crippen molar-refractivity contribution in [2.24, 2.45) is 0 Å². The van der Waals surface area contributed by atoms with Gasteiger partial charge in [0.2, 0.25) is 11.8 Å². The highest BCUT2D eigenvalue weighted by atomic mass is 35.5. The molecule has 0 atom stereocenters. The molecule has 1 aliphatic rings. The van der Waals surface area contributed by atoms with Gasteiger partial charge in [-0.1, -0.05) is 62.7 Å². The first-order valence-electron chi connectivity index (χ1n) is 9.20. The number of hydrogen-bond acceptors (Lipinski definition) is 3. The van der Waals surface area contributed by atoms with Gasteiger partial charge in [0.25, 0.3) is 5.56 Å². The topological polar surface area (TPSA) is 70.2 Å². The van der Waals surface area contributed by atoms with Crippen molar-refractivity contribution in [1.29, 1.82) is 0 Å². The van der Waals surface area contributed by atoms with Crippen molar-refractivity contribution < 1.29 is 9.59 Å². The summed E-state index contributed by atoms with van der Waals surface area (Å²) in [6.07, 6.45) is 2.30. The van der Waals surface area contributed by atoms with Crippen molar-refractivity contribution in [3.8, 4) is 0 Å². The van der Waals surface area contributed by atoms with Crippen LogP contribution in [0.4, 0.5) is 0 Å². The highest BCUT2D eigenvalue weighted by Crippen LogP contribution is 2.27. The molecule has 0 radical (unpaired) electrons. The number of H-pyrrole nitrogens is 1. The molecule has 1 fully saturated rings. The first kappa shape index (κ1) is 20.1. The summed E-state index contributed by atoms with van der Waals surface area (Å²) in [7, 11) is 0. The Labute approximate surface area is 169 Å². The SMILES string of the molecule is CC(C)(C)c1ccc(/C(=C\CN2C(=O)CCC2=O)c2ccc(Cl)c(=O)[nH]2)cc1. The molecule has 0 saturated carbocycles. The zero-order valence-electron chi connectivity index (χ0n) is 16.2. The van der Waals surface area contributed by atoms with Gasteiger partial charge >= 0.3 is 0 Å². The van der Waals surface area contributed by atoms with Crippen LogP contribution in [-0.4, -0.2) is 28.2 Å². The van der Waals surface area contributed by atoms with Crippen LogP contribution in [-0.2, 0) is 15.0 Å². The van der Waals surface area contributed by atoms with Crippen LogP contribution in [0.2, 0.25) is 5.02 Å². The normalized spacial score (nSPS) is 15.4. The Morgan fingerprint density at radius 1 is 1.04 bits per heavy atom. The van der Waals surface area contributed by atoms with Crippen molar-refractivity contribution in [3.63, 3.8) is 0 Å². The molecule has 1 aliphatic heterocycles. The van der Waals surface area contributed by atoms with Gasteiger partial charge in [0.05, 0.1) is 0 Å². The predicted octanol–water partition coefficient (Wildman–Crippen LogP) is 3.91. The molecule has 1 aromatic heterocycles. The van der Waals surface area contributed by atoms with Crippen LogP contribution in [0.25, 0.3) is 5.57 Å². The Bertz CT molecular complexity index is 982. The summed E-state index contributed by atoms with van der Waals surface area (Å²) < 4.78 is 0. The second-order valence-corrected chi connectivity index (χ2v) is 8.30. The van der Waals surface area contributed by atoms with Gasteiger partial charge in [-0.15, -0.1) is 0 Å². The third-order valence-corrected chi connectivity index (χ3v) is 5.14. The fourth-order valence-electron chi connectivity index (χ4n) is 3.16. The molecule has 1 saturated heterocycles. The molecular formula is C22H23ClN2O3. The van der Waals surface area contributed by atoms with Crippen LogP contribution < -0.4 is 5.56 Å². The summed E-state index contributed by atoms with van der Waals surface area (Å²) in [5.41, 5.74) is 3.02. The van der Waals surface area contributed by atoms with E-state index in [9.17, 15) is 14.4 Å². The molecule has 2 aromatic rings. The smallest absolute Gasteiger partial charge is 0.267 e. The fourth-order valence-corrected chi connectivity index (χ4v) is 3.27. The number of hydrogen-bond donors (Lipinski definition) is 1. The lowest BCUT2D eigenvalue weighted by atomic mass is 9.86. The van der Waals surface area contributed by atoms with Crippen molar-refractivity contribution in [1.82, 2.24) is 9.88 Å². The van der Waals surface area contributed by atoms with E-state index in [1.165, 1.54) is 10.5 Å². The molecule has 28 heavy (non-hydrogen) atoms. The predicted molar refractivity (Wildman–Crippen MR) is 110 cm³/mol. The number of carbonyl (C=O) groups excluding carboxylic acids is 2. The van der Waals surface area contributed by atoms with Gasteiger partial charge in [-0.3, -0.25) is 19.3 Å². The molecule has 0 aliphatic carbocycles. The Hall–Kier alpha value is -2.66. The van der Waals surface area contributed by atoms with E-state index in [1.807, 2.05) is 24.3 Å². The van der Waals surface area contributed by atoms with E-state index in [1.54, 1.807) is 18.2 Å². The minimum absolute atomic E-state index is 0.0192. The van der Waals surface area contributed by atoms with Crippen LogP contribution >= 0.6 is 11.6 Å². The van der Waals surface area contributed by atoms with Crippen LogP contribution in [0.15, 0.2) is 47.3 Å². The largest absolute Gasteiger partial charge is 0.321 e. The number of nitrogens with zero attached hydrogens (tertiary/aromatic N) is 1. The van der Waals surface area contributed by atoms with Gasteiger partial charge in [0.1, 0.15) is 5.02 Å². The molecule has 146 valence electrons. The summed E-state index contributed by atoms with van der Waals surface area (Å²) >= 11 is 5.86. The van der Waals surface area contributed by atoms with Gasteiger partial charge < -0.3 is 4.98 Å². The van der Waals surface area contributed by atoms with Gasteiger partial charge in [-0.25, -0.2) is 0 Å². The second kappa shape index (κ2) is 7.76. The molecule has 2 amide bonds. The summed E-state index contributed by atoms with van der Waals surface area (Å²) in [5.74, 6) is -0.346. The third-order valence-electron chi connectivity index (χ3n) is 4.85. The summed E-state index contributed by atoms with van der Waals surface area (Å²) in [4.78, 5) is 39.9. The van der Waals surface area contributed by atoms with E-state index in [2.05, 4.69) is 25.8 Å². The van der Waals surface area contributed by atoms with E-state index in [0.29, 0.717) is 5.69 Å². The molecular weight excluding hydrogens is 376 g/mol. The van der Waals surface area contributed by atoms with Gasteiger partial charge in [-0.2, -0.15) is 0 Å². The third kappa shape index (κ3) is 4.25. The van der Waals surface area contributed by atoms with Crippen LogP contribution in [0, 0.1) is 0 Å². The van der Waals surface area contributed by atoms with Crippen LogP contribution in [0.3, 0.4) is 0 Å². The fraction of sp³-hybridized carbons (Fsp3) is 0.318. The number of amides is 2. The standard InChI is InChI=1S/C22H23ClN2O3/c1-22(2,3)15-6-4-14(5-7-15)16(18-9-8-17(23)21(28)24-18)12-13-25-19(26)10-11-20(25)27/h4-9,12H,10-11,13H2,1-3H3,(H,24,28)/b16-12+. The van der Waals surface area contributed by atoms with E-state index in [0.717, 1.165) is 11.1 Å². The van der Waals surface area contributed by atoms with Crippen LogP contribution in [0.5, 0.6) is 0 Å². The quantitative estimate of drug-likeness (QED) is 0.794. The summed E-state index contributed by atoms with van der Waals surface area (Å²) in [6.45, 7) is 6.58. The van der Waals surface area contributed by atoms with E-state index >= 15 is 0 Å². The number of carbonyl (C=O) groups is 2. The molecule has 0 unspecified atom stereocenters. The number of benzene rings is 1. The number of rotatable bonds is 4. The second-order valence-electron chi connectivity index (χ2n) is 7.89. The summed E-state index contributed by atoms with van der Waals surface area (Å²) in [6, 6.07) is 11.3. The average molecular weight is 399 g/mol. The van der Waals surface area contributed by atoms with Crippen molar-refractivity contribution >= 4 is 29.0 Å². The maximum absolute atomic E-state index is 12.0. The van der Waals surface area contributed by atoms with Gasteiger partial charge in [0, 0.05) is 30.7 Å². The van der Waals surface area contributed by atoms with E-state index in [-0.39, 0.29) is 47.2 Å². The first-order valence-corrected chi connectivity index (χ1v) is 9.58. The molecule has 0 bridgehead atoms. The number of nitrogens with one attached hydrogen (secondary N) is 1. The zero-order chi connectivity index (χ0) is 20.5. The van der Waals surface area contributed by atoms with E-state index < -0.39 is 0 Å². The van der Waals surface area contributed by atoms with Crippen molar-refractivity contribution in [3.05, 3.63) is 74.7 Å². The molecule has 1 aromatic carbocycles. The number of aromatic nitrogens is 1. The zero-order valence-corrected chi connectivity index (χ0v) is 17.0.